The Labute approximate surface area is 99.6 Å². The van der Waals surface area contributed by atoms with E-state index >= 15 is 0 Å². The molecule has 1 rings (SSSR count). The van der Waals surface area contributed by atoms with Gasteiger partial charge < -0.3 is 15.2 Å². The van der Waals surface area contributed by atoms with Crippen molar-refractivity contribution in [1.29, 1.82) is 0 Å². The topological polar surface area (TPSA) is 41.5 Å². The van der Waals surface area contributed by atoms with Crippen molar-refractivity contribution in [2.45, 2.75) is 64.6 Å². The molecular formula is C13H27NO2. The smallest absolute Gasteiger partial charge is 0.0590 e. The van der Waals surface area contributed by atoms with E-state index in [9.17, 15) is 5.11 Å². The predicted molar refractivity (Wildman–Crippen MR) is 66.5 cm³/mol. The highest BCUT2D eigenvalue weighted by molar-refractivity contribution is 4.78. The van der Waals surface area contributed by atoms with E-state index in [0.717, 1.165) is 19.4 Å². The van der Waals surface area contributed by atoms with E-state index in [0.29, 0.717) is 18.1 Å². The monoisotopic (exact) mass is 229 g/mol. The number of nitrogens with one attached hydrogen (secondary N) is 1. The summed E-state index contributed by atoms with van der Waals surface area (Å²) in [6, 6.07) is 0.649. The molecule has 0 aliphatic carbocycles. The van der Waals surface area contributed by atoms with Crippen molar-refractivity contribution >= 4 is 0 Å². The Hall–Kier alpha value is -0.120. The minimum absolute atomic E-state index is 0.224. The molecule has 1 aliphatic heterocycles. The van der Waals surface area contributed by atoms with Crippen LogP contribution >= 0.6 is 0 Å². The Morgan fingerprint density at radius 3 is 2.69 bits per heavy atom. The molecule has 0 radical (unpaired) electrons. The van der Waals surface area contributed by atoms with Crippen LogP contribution in [0.2, 0.25) is 0 Å². The van der Waals surface area contributed by atoms with E-state index in [1.54, 1.807) is 0 Å². The quantitative estimate of drug-likeness (QED) is 0.701. The Kier molecular flexibility index (Phi) is 6.32. The summed E-state index contributed by atoms with van der Waals surface area (Å²) in [7, 11) is 0. The Bertz CT molecular complexity index is 181. The van der Waals surface area contributed by atoms with Gasteiger partial charge in [-0.25, -0.2) is 0 Å². The van der Waals surface area contributed by atoms with Crippen LogP contribution in [0.15, 0.2) is 0 Å². The molecule has 4 unspecified atom stereocenters. The lowest BCUT2D eigenvalue weighted by molar-refractivity contribution is 0.0908. The molecule has 0 aromatic heterocycles. The minimum atomic E-state index is 0.224. The molecule has 96 valence electrons. The summed E-state index contributed by atoms with van der Waals surface area (Å²) in [4.78, 5) is 0. The number of aliphatic hydroxyl groups is 1. The summed E-state index contributed by atoms with van der Waals surface area (Å²) in [5.74, 6) is 0.525. The highest BCUT2D eigenvalue weighted by Crippen LogP contribution is 2.17. The number of ether oxygens (including phenoxy) is 1. The fraction of sp³-hybridized carbons (Fsp3) is 1.00. The Morgan fingerprint density at radius 2 is 2.19 bits per heavy atom. The van der Waals surface area contributed by atoms with Crippen LogP contribution in [0.3, 0.4) is 0 Å². The molecular weight excluding hydrogens is 202 g/mol. The van der Waals surface area contributed by atoms with Crippen LogP contribution in [0.25, 0.3) is 0 Å². The van der Waals surface area contributed by atoms with E-state index in [1.165, 1.54) is 12.8 Å². The van der Waals surface area contributed by atoms with Gasteiger partial charge in [-0.05, 0) is 32.1 Å². The van der Waals surface area contributed by atoms with Crippen LogP contribution in [-0.2, 0) is 4.74 Å². The molecule has 3 heteroatoms. The molecule has 0 aromatic carbocycles. The first kappa shape index (κ1) is 13.9. The zero-order valence-corrected chi connectivity index (χ0v) is 10.9. The predicted octanol–water partition coefficient (Wildman–Crippen LogP) is 1.94. The van der Waals surface area contributed by atoms with E-state index in [-0.39, 0.29) is 12.6 Å². The lowest BCUT2D eigenvalue weighted by atomic mass is 9.98. The van der Waals surface area contributed by atoms with Crippen LogP contribution in [-0.4, -0.2) is 36.5 Å². The van der Waals surface area contributed by atoms with E-state index in [2.05, 4.69) is 26.1 Å². The zero-order chi connectivity index (χ0) is 12.0. The average Bonchev–Trinajstić information content (AvgIpc) is 2.77. The number of hydrogen-bond donors (Lipinski definition) is 2. The van der Waals surface area contributed by atoms with Crippen LogP contribution in [0, 0.1) is 5.92 Å². The largest absolute Gasteiger partial charge is 0.395 e. The second kappa shape index (κ2) is 7.25. The first-order valence-electron chi connectivity index (χ1n) is 6.65. The molecule has 1 heterocycles. The van der Waals surface area contributed by atoms with Gasteiger partial charge in [0.25, 0.3) is 0 Å². The van der Waals surface area contributed by atoms with Crippen LogP contribution < -0.4 is 5.32 Å². The Morgan fingerprint density at radius 1 is 1.44 bits per heavy atom. The molecule has 0 spiro atoms. The third-order valence-electron chi connectivity index (χ3n) is 3.67. The van der Waals surface area contributed by atoms with Gasteiger partial charge >= 0.3 is 0 Å². The summed E-state index contributed by atoms with van der Waals surface area (Å²) >= 11 is 0. The van der Waals surface area contributed by atoms with Crippen molar-refractivity contribution in [3.63, 3.8) is 0 Å². The van der Waals surface area contributed by atoms with E-state index in [4.69, 9.17) is 4.74 Å². The average molecular weight is 229 g/mol. The summed E-state index contributed by atoms with van der Waals surface area (Å²) < 4.78 is 5.62. The van der Waals surface area contributed by atoms with Crippen LogP contribution in [0.4, 0.5) is 0 Å². The lowest BCUT2D eigenvalue weighted by Gasteiger charge is -2.27. The van der Waals surface area contributed by atoms with Gasteiger partial charge in [0.15, 0.2) is 0 Å². The second-order valence-electron chi connectivity index (χ2n) is 5.11. The number of aliphatic hydroxyl groups excluding tert-OH is 1. The van der Waals surface area contributed by atoms with Gasteiger partial charge in [0.05, 0.1) is 12.7 Å². The Balaban J connectivity index is 2.27. The van der Waals surface area contributed by atoms with Crippen molar-refractivity contribution in [2.24, 2.45) is 5.92 Å². The highest BCUT2D eigenvalue weighted by atomic mass is 16.5. The third-order valence-corrected chi connectivity index (χ3v) is 3.67. The molecule has 4 atom stereocenters. The van der Waals surface area contributed by atoms with Crippen molar-refractivity contribution in [3.05, 3.63) is 0 Å². The molecule has 1 fully saturated rings. The molecule has 1 aliphatic rings. The van der Waals surface area contributed by atoms with Gasteiger partial charge in [-0.15, -0.1) is 0 Å². The molecule has 2 N–H and O–H groups in total. The molecule has 0 aromatic rings. The first-order chi connectivity index (χ1) is 7.67. The minimum Gasteiger partial charge on any atom is -0.395 e. The molecule has 0 bridgehead atoms. The second-order valence-corrected chi connectivity index (χ2v) is 5.11. The standard InChI is InChI=1S/C13H27NO2/c1-4-10(2)13(9-15)14-11(3)8-12-6-5-7-16-12/h10-15H,4-9H2,1-3H3. The van der Waals surface area contributed by atoms with Gasteiger partial charge in [-0.1, -0.05) is 20.3 Å². The normalized spacial score (nSPS) is 26.6. The summed E-state index contributed by atoms with van der Waals surface area (Å²) in [6.07, 6.45) is 4.99. The van der Waals surface area contributed by atoms with Crippen LogP contribution in [0.5, 0.6) is 0 Å². The van der Waals surface area contributed by atoms with Crippen molar-refractivity contribution in [2.75, 3.05) is 13.2 Å². The summed E-state index contributed by atoms with van der Waals surface area (Å²) in [5, 5.41) is 12.9. The molecule has 0 saturated carbocycles. The molecule has 3 nitrogen and oxygen atoms in total. The third kappa shape index (κ3) is 4.40. The SMILES string of the molecule is CCC(C)C(CO)NC(C)CC1CCCO1. The summed E-state index contributed by atoms with van der Waals surface area (Å²) in [5.41, 5.74) is 0. The maximum Gasteiger partial charge on any atom is 0.0590 e. The maximum absolute atomic E-state index is 9.34. The van der Waals surface area contributed by atoms with Crippen molar-refractivity contribution in [1.82, 2.24) is 5.32 Å². The van der Waals surface area contributed by atoms with Crippen molar-refractivity contribution in [3.8, 4) is 0 Å². The van der Waals surface area contributed by atoms with Crippen LogP contribution in [0.1, 0.15) is 46.5 Å². The first-order valence-corrected chi connectivity index (χ1v) is 6.65. The number of hydrogen-bond acceptors (Lipinski definition) is 3. The highest BCUT2D eigenvalue weighted by Gasteiger charge is 2.21. The maximum atomic E-state index is 9.34. The van der Waals surface area contributed by atoms with Gasteiger partial charge in [-0.2, -0.15) is 0 Å². The van der Waals surface area contributed by atoms with E-state index in [1.807, 2.05) is 0 Å². The molecule has 0 amide bonds. The number of rotatable bonds is 7. The van der Waals surface area contributed by atoms with E-state index < -0.39 is 0 Å². The fourth-order valence-corrected chi connectivity index (χ4v) is 2.34. The van der Waals surface area contributed by atoms with Crippen molar-refractivity contribution < 1.29 is 9.84 Å². The van der Waals surface area contributed by atoms with Gasteiger partial charge in [0, 0.05) is 18.7 Å². The van der Waals surface area contributed by atoms with Gasteiger partial charge in [0.1, 0.15) is 0 Å². The fourth-order valence-electron chi connectivity index (χ4n) is 2.34. The zero-order valence-electron chi connectivity index (χ0n) is 10.9. The molecule has 1 saturated heterocycles. The lowest BCUT2D eigenvalue weighted by Crippen LogP contribution is -2.44. The molecule has 16 heavy (non-hydrogen) atoms. The summed E-state index contributed by atoms with van der Waals surface area (Å²) in [6.45, 7) is 7.69. The van der Waals surface area contributed by atoms with Gasteiger partial charge in [-0.3, -0.25) is 0 Å². The van der Waals surface area contributed by atoms with Gasteiger partial charge in [0.2, 0.25) is 0 Å².